The fraction of sp³-hybridized carbons (Fsp3) is 0.200. The van der Waals surface area contributed by atoms with Crippen LogP contribution >= 0.6 is 34.8 Å². The van der Waals surface area contributed by atoms with Gasteiger partial charge < -0.3 is 18.9 Å². The van der Waals surface area contributed by atoms with E-state index in [1.807, 2.05) is 214 Å². The highest BCUT2D eigenvalue weighted by atomic mass is 35.5. The summed E-state index contributed by atoms with van der Waals surface area (Å²) in [7, 11) is 6.24. The van der Waals surface area contributed by atoms with Gasteiger partial charge in [-0.05, 0) is 274 Å². The molecule has 121 heavy (non-hydrogen) atoms. The van der Waals surface area contributed by atoms with Crippen molar-refractivity contribution in [3.05, 3.63) is 348 Å². The lowest BCUT2D eigenvalue weighted by molar-refractivity contribution is 0.301. The molecule has 0 atom stereocenters. The molecule has 16 rings (SSSR count). The molecule has 0 amide bonds. The first kappa shape index (κ1) is 84.8. The molecule has 0 fully saturated rings. The van der Waals surface area contributed by atoms with Gasteiger partial charge in [0, 0.05) is 68.5 Å². The van der Waals surface area contributed by atoms with Crippen LogP contribution < -0.4 is 41.7 Å². The van der Waals surface area contributed by atoms with Crippen molar-refractivity contribution in [3.8, 4) is 90.8 Å². The number of hydrogen-bond acceptors (Lipinski definition) is 20. The van der Waals surface area contributed by atoms with Gasteiger partial charge in [0.25, 0.3) is 0 Å². The molecule has 614 valence electrons. The Balaban J connectivity index is 0.000000139. The van der Waals surface area contributed by atoms with Crippen molar-refractivity contribution in [3.63, 3.8) is 0 Å². The van der Waals surface area contributed by atoms with E-state index < -0.39 is 0 Å². The number of hydrogen-bond donors (Lipinski definition) is 0. The van der Waals surface area contributed by atoms with Gasteiger partial charge in [-0.15, -0.1) is 0 Å². The average molecular weight is 1680 g/mol. The standard InChI is InChI=1S/C23H22ClN5O2.C23H23N5O2.2C22H20ClN5O2/c1-14-10-19(24)21(25-12-14)17-8-9-18(16(3)11-17)13-31-22-15(2)6-5-7-20(22)29-23(30)28(4)26-27-29;1-15-7-5-10-21(28-23(29)27(4)25-26-28)22(15)30-14-19-12-11-18(13-16(19)2)20-9-6-8-17(3)24-20;1-14-6-4-8-19(28-22(29)27(3)25-26-28)21(14)30-13-17-10-9-16(12-15(17)2)20-18(23)7-5-11-24-20;1-14-6-4-8-19(28-22(29)27(3)25-26-28)21(14)30-13-17-11-10-16(12-15(17)2)18-7-5-9-20(23)24-18/h5-12H,13H2,1-4H3;5-13H,14H2,1-4H3;2*4-12H,13H2,1-3H3. The summed E-state index contributed by atoms with van der Waals surface area (Å²) in [5.41, 5.74) is 22.2. The van der Waals surface area contributed by atoms with Crippen molar-refractivity contribution in [2.24, 2.45) is 28.2 Å². The van der Waals surface area contributed by atoms with Gasteiger partial charge in [0.2, 0.25) is 0 Å². The van der Waals surface area contributed by atoms with Gasteiger partial charge in [0.1, 0.15) is 77.3 Å². The van der Waals surface area contributed by atoms with E-state index in [1.165, 1.54) is 37.5 Å². The van der Waals surface area contributed by atoms with Crippen LogP contribution in [0.3, 0.4) is 0 Å². The fourth-order valence-electron chi connectivity index (χ4n) is 13.1. The van der Waals surface area contributed by atoms with E-state index in [0.29, 0.717) is 87.4 Å². The van der Waals surface area contributed by atoms with Gasteiger partial charge in [-0.1, -0.05) is 144 Å². The highest BCUT2D eigenvalue weighted by molar-refractivity contribution is 6.33. The average Bonchev–Trinajstić information content (AvgIpc) is 1.69. The summed E-state index contributed by atoms with van der Waals surface area (Å²) in [5.74, 6) is 2.40. The number of tetrazole rings is 4. The van der Waals surface area contributed by atoms with E-state index in [1.54, 1.807) is 64.7 Å². The Labute approximate surface area is 711 Å². The van der Waals surface area contributed by atoms with E-state index in [4.69, 9.17) is 53.8 Å². The summed E-state index contributed by atoms with van der Waals surface area (Å²) in [6.07, 6.45) is 3.53. The lowest BCUT2D eigenvalue weighted by Crippen LogP contribution is -2.22. The molecular formula is C90H85Cl3N20O8. The normalized spacial score (nSPS) is 11.0. The minimum atomic E-state index is -0.335. The number of pyridine rings is 4. The molecule has 0 radical (unpaired) electrons. The van der Waals surface area contributed by atoms with E-state index in [2.05, 4.69) is 92.8 Å². The molecule has 28 nitrogen and oxygen atoms in total. The van der Waals surface area contributed by atoms with Crippen LogP contribution in [-0.2, 0) is 54.6 Å². The molecular weight excluding hydrogens is 1600 g/mol. The monoisotopic (exact) mass is 1680 g/mol. The summed E-state index contributed by atoms with van der Waals surface area (Å²) in [4.78, 5) is 67.0. The molecule has 16 aromatic rings. The molecule has 0 spiro atoms. The van der Waals surface area contributed by atoms with Gasteiger partial charge >= 0.3 is 22.8 Å². The van der Waals surface area contributed by atoms with Crippen LogP contribution in [0.15, 0.2) is 232 Å². The molecule has 0 saturated heterocycles. The second kappa shape index (κ2) is 37.7. The third-order valence-corrected chi connectivity index (χ3v) is 20.7. The van der Waals surface area contributed by atoms with Gasteiger partial charge in [-0.3, -0.25) is 15.0 Å². The van der Waals surface area contributed by atoms with Crippen LogP contribution in [-0.4, -0.2) is 99.1 Å². The zero-order chi connectivity index (χ0) is 85.9. The number of benzene rings is 8. The summed E-state index contributed by atoms with van der Waals surface area (Å²) in [6, 6.07) is 63.8. The van der Waals surface area contributed by atoms with Crippen molar-refractivity contribution in [2.45, 2.75) is 95.7 Å². The predicted octanol–water partition coefficient (Wildman–Crippen LogP) is 15.5. The first-order valence-electron chi connectivity index (χ1n) is 38.2. The predicted molar refractivity (Wildman–Crippen MR) is 465 cm³/mol. The number of ether oxygens (including phenoxy) is 4. The zero-order valence-electron chi connectivity index (χ0n) is 68.9. The van der Waals surface area contributed by atoms with E-state index in [9.17, 15) is 19.2 Å². The van der Waals surface area contributed by atoms with Crippen LogP contribution in [0.5, 0.6) is 23.0 Å². The Morgan fingerprint density at radius 1 is 0.306 bits per heavy atom. The number of para-hydroxylation sites is 4. The Kier molecular flexibility index (Phi) is 26.4. The molecule has 8 heterocycles. The van der Waals surface area contributed by atoms with Crippen molar-refractivity contribution in [1.29, 1.82) is 0 Å². The highest BCUT2D eigenvalue weighted by Gasteiger charge is 2.22. The summed E-state index contributed by atoms with van der Waals surface area (Å²) in [5, 5.41) is 32.6. The van der Waals surface area contributed by atoms with E-state index in [0.717, 1.165) is 123 Å². The van der Waals surface area contributed by atoms with Gasteiger partial charge in [0.15, 0.2) is 0 Å². The molecule has 0 N–H and O–H groups in total. The largest absolute Gasteiger partial charge is 0.486 e. The second-order valence-electron chi connectivity index (χ2n) is 28.8. The molecule has 0 aliphatic heterocycles. The smallest absolute Gasteiger partial charge is 0.368 e. The minimum Gasteiger partial charge on any atom is -0.486 e. The number of halogens is 3. The van der Waals surface area contributed by atoms with Crippen molar-refractivity contribution in [1.82, 2.24) is 99.1 Å². The molecule has 0 unspecified atom stereocenters. The summed E-state index contributed by atoms with van der Waals surface area (Å²) >= 11 is 18.7. The lowest BCUT2D eigenvalue weighted by atomic mass is 10.0. The van der Waals surface area contributed by atoms with Gasteiger partial charge in [-0.2, -0.15) is 37.5 Å². The molecule has 8 aromatic heterocycles. The first-order chi connectivity index (χ1) is 58.2. The van der Waals surface area contributed by atoms with Gasteiger partial charge in [-0.25, -0.2) is 24.2 Å². The van der Waals surface area contributed by atoms with Crippen LogP contribution in [0.4, 0.5) is 0 Å². The molecule has 0 aliphatic rings. The maximum atomic E-state index is 12.3. The van der Waals surface area contributed by atoms with Crippen LogP contribution in [0, 0.1) is 69.2 Å². The van der Waals surface area contributed by atoms with E-state index in [-0.39, 0.29) is 22.8 Å². The van der Waals surface area contributed by atoms with Crippen LogP contribution in [0.25, 0.3) is 67.8 Å². The quantitative estimate of drug-likeness (QED) is 0.0640. The van der Waals surface area contributed by atoms with E-state index >= 15 is 0 Å². The topological polar surface area (TPSA) is 299 Å². The summed E-state index contributed by atoms with van der Waals surface area (Å²) < 4.78 is 34.3. The second-order valence-corrected chi connectivity index (χ2v) is 30.0. The zero-order valence-corrected chi connectivity index (χ0v) is 71.1. The maximum absolute atomic E-state index is 12.3. The number of aryl methyl sites for hydroxylation is 14. The number of rotatable bonds is 20. The summed E-state index contributed by atoms with van der Waals surface area (Å²) in [6.45, 7) is 21.2. The highest BCUT2D eigenvalue weighted by Crippen LogP contribution is 2.35. The molecule has 31 heteroatoms. The Morgan fingerprint density at radius 3 is 0.942 bits per heavy atom. The van der Waals surface area contributed by atoms with Gasteiger partial charge in [0.05, 0.1) is 32.8 Å². The van der Waals surface area contributed by atoms with Crippen molar-refractivity contribution < 1.29 is 18.9 Å². The molecule has 0 aliphatic carbocycles. The molecule has 0 saturated carbocycles. The third-order valence-electron chi connectivity index (χ3n) is 19.9. The van der Waals surface area contributed by atoms with Crippen molar-refractivity contribution in [2.75, 3.05) is 0 Å². The number of nitrogens with zero attached hydrogens (tertiary/aromatic N) is 20. The maximum Gasteiger partial charge on any atom is 0.368 e. The van der Waals surface area contributed by atoms with Crippen molar-refractivity contribution >= 4 is 34.8 Å². The fourth-order valence-corrected chi connectivity index (χ4v) is 13.8. The Morgan fingerprint density at radius 2 is 0.628 bits per heavy atom. The van der Waals surface area contributed by atoms with Crippen LogP contribution in [0.1, 0.15) is 78.0 Å². The van der Waals surface area contributed by atoms with Crippen LogP contribution in [0.2, 0.25) is 15.2 Å². The first-order valence-corrected chi connectivity index (χ1v) is 39.4. The Hall–Kier alpha value is -14.1. The lowest BCUT2D eigenvalue weighted by Gasteiger charge is -2.15. The minimum absolute atomic E-state index is 0.323. The SMILES string of the molecule is Cc1cc(-c2cccc(Cl)n2)ccc1COc1c(C)cccc1-n1nnn(C)c1=O.Cc1cc(-c2ncccc2Cl)ccc1COc1c(C)cccc1-n1nnn(C)c1=O.Cc1cccc(-c2ccc(COc3c(C)cccc3-n3nnn(C)c3=O)c(C)c2)n1.Cc1cnc(-c2ccc(COc3c(C)cccc3-n3nnn(C)c3=O)c(C)c2)c(Cl)c1. The Bertz CT molecular complexity index is 6560. The number of aromatic nitrogens is 20. The molecule has 8 aromatic carbocycles. The third kappa shape index (κ3) is 19.5. The molecule has 0 bridgehead atoms.